The van der Waals surface area contributed by atoms with Gasteiger partial charge in [-0.05, 0) is 12.1 Å². The van der Waals surface area contributed by atoms with E-state index in [1.807, 2.05) is 18.2 Å². The summed E-state index contributed by atoms with van der Waals surface area (Å²) in [6.45, 7) is 0.386. The number of amides is 2. The van der Waals surface area contributed by atoms with Gasteiger partial charge >= 0.3 is 12.0 Å². The molecule has 2 aromatic rings. The van der Waals surface area contributed by atoms with Crippen LogP contribution in [-0.4, -0.2) is 38.2 Å². The summed E-state index contributed by atoms with van der Waals surface area (Å²) in [6, 6.07) is 5.03. The smallest absolute Gasteiger partial charge is 0.359 e. The number of nitrogens with one attached hydrogen (secondary N) is 2. The highest BCUT2D eigenvalue weighted by Gasteiger charge is 2.16. The Bertz CT molecular complexity index is 601. The van der Waals surface area contributed by atoms with Gasteiger partial charge in [-0.2, -0.15) is 0 Å². The molecule has 20 heavy (non-hydrogen) atoms. The fraction of sp³-hybridized carbons (Fsp3) is 0.182. The van der Waals surface area contributed by atoms with Crippen molar-refractivity contribution in [2.75, 3.05) is 11.9 Å². The van der Waals surface area contributed by atoms with Crippen LogP contribution in [0.2, 0.25) is 0 Å². The molecule has 0 fully saturated rings. The van der Waals surface area contributed by atoms with Crippen LogP contribution in [0.3, 0.4) is 0 Å². The lowest BCUT2D eigenvalue weighted by Gasteiger charge is -2.05. The molecule has 9 heteroatoms. The van der Waals surface area contributed by atoms with Crippen LogP contribution >= 0.6 is 11.5 Å². The molecule has 0 radical (unpaired) electrons. The van der Waals surface area contributed by atoms with Gasteiger partial charge in [0.2, 0.25) is 5.69 Å². The van der Waals surface area contributed by atoms with Crippen LogP contribution in [0, 0.1) is 0 Å². The quantitative estimate of drug-likeness (QED) is 0.757. The Morgan fingerprint density at radius 1 is 1.35 bits per heavy atom. The largest absolute Gasteiger partial charge is 0.476 e. The molecule has 104 valence electrons. The monoisotopic (exact) mass is 293 g/mol. The van der Waals surface area contributed by atoms with Crippen molar-refractivity contribution < 1.29 is 14.7 Å². The standard InChI is InChI=1S/C11H11N5O3S/c17-10(18)8-9(20-16-15-8)14-11(19)13-6-4-7-3-1-2-5-12-7/h1-3,5H,4,6H2,(H,17,18)(H2,13,14,19). The molecule has 0 aliphatic carbocycles. The first-order chi connectivity index (χ1) is 9.66. The summed E-state index contributed by atoms with van der Waals surface area (Å²) in [7, 11) is 0. The molecule has 2 rings (SSSR count). The summed E-state index contributed by atoms with van der Waals surface area (Å²) in [4.78, 5) is 26.5. The van der Waals surface area contributed by atoms with Crippen molar-refractivity contribution in [3.63, 3.8) is 0 Å². The van der Waals surface area contributed by atoms with Crippen molar-refractivity contribution in [3.8, 4) is 0 Å². The molecule has 0 unspecified atom stereocenters. The number of carboxylic acids is 1. The van der Waals surface area contributed by atoms with Crippen LogP contribution in [-0.2, 0) is 6.42 Å². The second kappa shape index (κ2) is 6.57. The topological polar surface area (TPSA) is 117 Å². The maximum Gasteiger partial charge on any atom is 0.359 e. The number of nitrogens with zero attached hydrogens (tertiary/aromatic N) is 3. The van der Waals surface area contributed by atoms with Crippen molar-refractivity contribution in [1.82, 2.24) is 19.9 Å². The predicted molar refractivity (Wildman–Crippen MR) is 71.8 cm³/mol. The summed E-state index contributed by atoms with van der Waals surface area (Å²) >= 11 is 0.810. The molecule has 0 atom stereocenters. The lowest BCUT2D eigenvalue weighted by molar-refractivity contribution is 0.0691. The summed E-state index contributed by atoms with van der Waals surface area (Å²) in [6.07, 6.45) is 2.26. The number of rotatable bonds is 5. The second-order valence-electron chi connectivity index (χ2n) is 3.71. The third kappa shape index (κ3) is 3.72. The lowest BCUT2D eigenvalue weighted by atomic mass is 10.3. The summed E-state index contributed by atoms with van der Waals surface area (Å²) in [5.74, 6) is -1.23. The number of carbonyl (C=O) groups excluding carboxylic acids is 1. The SMILES string of the molecule is O=C(NCCc1ccccn1)Nc1snnc1C(=O)O. The van der Waals surface area contributed by atoms with E-state index in [-0.39, 0.29) is 10.7 Å². The first kappa shape index (κ1) is 13.9. The van der Waals surface area contributed by atoms with Gasteiger partial charge in [0.25, 0.3) is 0 Å². The third-order valence-corrected chi connectivity index (χ3v) is 2.95. The van der Waals surface area contributed by atoms with E-state index in [1.165, 1.54) is 0 Å². The highest BCUT2D eigenvalue weighted by Crippen LogP contribution is 2.16. The van der Waals surface area contributed by atoms with Gasteiger partial charge in [-0.15, -0.1) is 5.10 Å². The predicted octanol–water partition coefficient (Wildman–Crippen LogP) is 0.996. The van der Waals surface area contributed by atoms with Gasteiger partial charge in [-0.3, -0.25) is 10.3 Å². The van der Waals surface area contributed by atoms with Crippen LogP contribution in [0.25, 0.3) is 0 Å². The number of carboxylic acid groups (broad SMARTS) is 1. The average Bonchev–Trinajstić information content (AvgIpc) is 2.88. The fourth-order valence-electron chi connectivity index (χ4n) is 1.41. The molecule has 0 bridgehead atoms. The van der Waals surface area contributed by atoms with Crippen LogP contribution < -0.4 is 10.6 Å². The second-order valence-corrected chi connectivity index (χ2v) is 4.46. The van der Waals surface area contributed by atoms with Crippen LogP contribution in [0.5, 0.6) is 0 Å². The number of urea groups is 1. The Morgan fingerprint density at radius 2 is 2.20 bits per heavy atom. The maximum absolute atomic E-state index is 11.6. The Balaban J connectivity index is 1.81. The number of carbonyl (C=O) groups is 2. The highest BCUT2D eigenvalue weighted by atomic mass is 32.1. The van der Waals surface area contributed by atoms with Crippen LogP contribution in [0.4, 0.5) is 9.80 Å². The van der Waals surface area contributed by atoms with E-state index in [4.69, 9.17) is 5.11 Å². The van der Waals surface area contributed by atoms with E-state index < -0.39 is 12.0 Å². The molecule has 3 N–H and O–H groups in total. The number of aromatic nitrogens is 3. The van der Waals surface area contributed by atoms with Gasteiger partial charge in [0.1, 0.15) is 0 Å². The maximum atomic E-state index is 11.6. The first-order valence-corrected chi connectivity index (χ1v) is 6.44. The van der Waals surface area contributed by atoms with Gasteiger partial charge in [-0.1, -0.05) is 10.6 Å². The van der Waals surface area contributed by atoms with Crippen molar-refractivity contribution in [2.24, 2.45) is 0 Å². The molecule has 0 saturated carbocycles. The Labute approximate surface area is 118 Å². The number of hydrogen-bond donors (Lipinski definition) is 3. The van der Waals surface area contributed by atoms with Crippen LogP contribution in [0.15, 0.2) is 24.4 Å². The molecule has 2 amide bonds. The number of hydrogen-bond acceptors (Lipinski definition) is 6. The number of anilines is 1. The van der Waals surface area contributed by atoms with Crippen molar-refractivity contribution in [2.45, 2.75) is 6.42 Å². The number of pyridine rings is 1. The summed E-state index contributed by atoms with van der Waals surface area (Å²) in [5.41, 5.74) is 0.591. The van der Waals surface area contributed by atoms with Gasteiger partial charge in [0.15, 0.2) is 5.00 Å². The molecule has 0 spiro atoms. The Kier molecular flexibility index (Phi) is 4.56. The summed E-state index contributed by atoms with van der Waals surface area (Å²) < 4.78 is 3.48. The molecular weight excluding hydrogens is 282 g/mol. The normalized spacial score (nSPS) is 10.0. The van der Waals surface area contributed by atoms with E-state index in [1.54, 1.807) is 6.20 Å². The Morgan fingerprint density at radius 3 is 2.90 bits per heavy atom. The van der Waals surface area contributed by atoms with E-state index in [0.717, 1.165) is 17.2 Å². The van der Waals surface area contributed by atoms with E-state index >= 15 is 0 Å². The minimum atomic E-state index is -1.23. The third-order valence-electron chi connectivity index (χ3n) is 2.31. The zero-order chi connectivity index (χ0) is 14.4. The van der Waals surface area contributed by atoms with Gasteiger partial charge in [0, 0.05) is 36.4 Å². The fourth-order valence-corrected chi connectivity index (χ4v) is 1.97. The highest BCUT2D eigenvalue weighted by molar-refractivity contribution is 7.10. The first-order valence-electron chi connectivity index (χ1n) is 5.67. The van der Waals surface area contributed by atoms with Gasteiger partial charge in [0.05, 0.1) is 0 Å². The minimum Gasteiger partial charge on any atom is -0.476 e. The van der Waals surface area contributed by atoms with Gasteiger partial charge < -0.3 is 10.4 Å². The van der Waals surface area contributed by atoms with E-state index in [9.17, 15) is 9.59 Å². The molecule has 0 saturated heterocycles. The molecular formula is C11H11N5O3S. The average molecular weight is 293 g/mol. The zero-order valence-electron chi connectivity index (χ0n) is 10.2. The summed E-state index contributed by atoms with van der Waals surface area (Å²) in [5, 5.41) is 17.3. The molecule has 2 aromatic heterocycles. The Hall–Kier alpha value is -2.55. The minimum absolute atomic E-state index is 0.104. The van der Waals surface area contributed by atoms with E-state index in [0.29, 0.717) is 13.0 Å². The lowest BCUT2D eigenvalue weighted by Crippen LogP contribution is -2.30. The van der Waals surface area contributed by atoms with Gasteiger partial charge in [-0.25, -0.2) is 9.59 Å². The molecule has 8 nitrogen and oxygen atoms in total. The van der Waals surface area contributed by atoms with Crippen LogP contribution in [0.1, 0.15) is 16.2 Å². The molecule has 2 heterocycles. The van der Waals surface area contributed by atoms with Crippen molar-refractivity contribution in [1.29, 1.82) is 0 Å². The van der Waals surface area contributed by atoms with Crippen molar-refractivity contribution >= 4 is 28.5 Å². The molecule has 0 aromatic carbocycles. The number of aromatic carboxylic acids is 1. The molecule has 0 aliphatic heterocycles. The van der Waals surface area contributed by atoms with E-state index in [2.05, 4.69) is 25.2 Å². The molecule has 0 aliphatic rings. The zero-order valence-corrected chi connectivity index (χ0v) is 11.1. The van der Waals surface area contributed by atoms with Crippen molar-refractivity contribution in [3.05, 3.63) is 35.8 Å².